The van der Waals surface area contributed by atoms with E-state index in [0.717, 1.165) is 0 Å². The van der Waals surface area contributed by atoms with Crippen LogP contribution in [0.4, 0.5) is 0 Å². The van der Waals surface area contributed by atoms with E-state index in [1.165, 1.54) is 4.90 Å². The van der Waals surface area contributed by atoms with Gasteiger partial charge in [0.05, 0.1) is 13.2 Å². The second-order valence-electron chi connectivity index (χ2n) is 3.01. The van der Waals surface area contributed by atoms with Gasteiger partial charge in [0.25, 0.3) is 0 Å². The summed E-state index contributed by atoms with van der Waals surface area (Å²) in [4.78, 5) is 23.6. The molecule has 0 aliphatic carbocycles. The van der Waals surface area contributed by atoms with E-state index in [-0.39, 0.29) is 12.3 Å². The van der Waals surface area contributed by atoms with Gasteiger partial charge in [-0.1, -0.05) is 0 Å². The van der Waals surface area contributed by atoms with Crippen LogP contribution in [0.5, 0.6) is 0 Å². The van der Waals surface area contributed by atoms with Gasteiger partial charge in [-0.2, -0.15) is 0 Å². The monoisotopic (exact) mass is 218 g/mol. The lowest BCUT2D eigenvalue weighted by Crippen LogP contribution is -2.38. The summed E-state index contributed by atoms with van der Waals surface area (Å²) >= 11 is 0. The van der Waals surface area contributed by atoms with Crippen LogP contribution in [0.3, 0.4) is 0 Å². The Hall–Kier alpha value is -1.14. The Bertz CT molecular complexity index is 200. The zero-order valence-corrected chi connectivity index (χ0v) is 9.19. The molecule has 0 aliphatic rings. The van der Waals surface area contributed by atoms with Gasteiger partial charge in [-0.05, 0) is 0 Å². The molecule has 0 saturated heterocycles. The van der Waals surface area contributed by atoms with Crippen molar-refractivity contribution in [3.8, 4) is 0 Å². The third kappa shape index (κ3) is 6.87. The lowest BCUT2D eigenvalue weighted by atomic mass is 10.3. The highest BCUT2D eigenvalue weighted by molar-refractivity contribution is 5.96. The van der Waals surface area contributed by atoms with Crippen molar-refractivity contribution in [1.29, 1.82) is 0 Å². The SMILES string of the molecule is COCCN(CCOC)C(=O)CC(N)=O. The lowest BCUT2D eigenvalue weighted by molar-refractivity contribution is -0.136. The summed E-state index contributed by atoms with van der Waals surface area (Å²) in [5.41, 5.74) is 4.94. The molecule has 0 saturated carbocycles. The van der Waals surface area contributed by atoms with Gasteiger partial charge in [0.15, 0.2) is 0 Å². The number of primary amides is 1. The molecule has 0 aliphatic heterocycles. The molecular formula is C9H18N2O4. The molecule has 2 amide bonds. The fraction of sp³-hybridized carbons (Fsp3) is 0.778. The molecule has 0 heterocycles. The summed E-state index contributed by atoms with van der Waals surface area (Å²) in [5, 5.41) is 0. The first-order valence-electron chi connectivity index (χ1n) is 4.65. The third-order valence-electron chi connectivity index (χ3n) is 1.81. The molecule has 0 aromatic carbocycles. The van der Waals surface area contributed by atoms with Crippen LogP contribution < -0.4 is 5.73 Å². The van der Waals surface area contributed by atoms with E-state index in [1.807, 2.05) is 0 Å². The van der Waals surface area contributed by atoms with Crippen molar-refractivity contribution in [3.05, 3.63) is 0 Å². The van der Waals surface area contributed by atoms with E-state index >= 15 is 0 Å². The molecule has 0 aromatic rings. The average molecular weight is 218 g/mol. The number of hydrogen-bond donors (Lipinski definition) is 1. The van der Waals surface area contributed by atoms with E-state index in [0.29, 0.717) is 26.3 Å². The molecule has 0 rings (SSSR count). The predicted octanol–water partition coefficient (Wildman–Crippen LogP) is -1.02. The number of hydrogen-bond acceptors (Lipinski definition) is 4. The first-order chi connectivity index (χ1) is 7.11. The summed E-state index contributed by atoms with van der Waals surface area (Å²) in [7, 11) is 3.10. The van der Waals surface area contributed by atoms with Crippen molar-refractivity contribution in [3.63, 3.8) is 0 Å². The Labute approximate surface area is 89.3 Å². The van der Waals surface area contributed by atoms with Gasteiger partial charge in [0.1, 0.15) is 6.42 Å². The van der Waals surface area contributed by atoms with E-state index in [4.69, 9.17) is 15.2 Å². The van der Waals surface area contributed by atoms with Gasteiger partial charge >= 0.3 is 0 Å². The van der Waals surface area contributed by atoms with Crippen molar-refractivity contribution >= 4 is 11.8 Å². The van der Waals surface area contributed by atoms with Crippen LogP contribution in [0.2, 0.25) is 0 Å². The third-order valence-corrected chi connectivity index (χ3v) is 1.81. The van der Waals surface area contributed by atoms with E-state index in [2.05, 4.69) is 0 Å². The molecule has 6 nitrogen and oxygen atoms in total. The average Bonchev–Trinajstić information content (AvgIpc) is 2.17. The van der Waals surface area contributed by atoms with Gasteiger partial charge in [0.2, 0.25) is 11.8 Å². The Morgan fingerprint density at radius 2 is 1.60 bits per heavy atom. The van der Waals surface area contributed by atoms with E-state index in [1.54, 1.807) is 14.2 Å². The van der Waals surface area contributed by atoms with Crippen LogP contribution in [0, 0.1) is 0 Å². The quantitative estimate of drug-likeness (QED) is 0.529. The molecule has 15 heavy (non-hydrogen) atoms. The molecule has 0 bridgehead atoms. The number of nitrogens with zero attached hydrogens (tertiary/aromatic N) is 1. The number of rotatable bonds is 8. The van der Waals surface area contributed by atoms with Gasteiger partial charge in [-0.15, -0.1) is 0 Å². The van der Waals surface area contributed by atoms with Crippen LogP contribution in [0.25, 0.3) is 0 Å². The van der Waals surface area contributed by atoms with Gasteiger partial charge in [-0.3, -0.25) is 9.59 Å². The smallest absolute Gasteiger partial charge is 0.232 e. The molecular weight excluding hydrogens is 200 g/mol. The van der Waals surface area contributed by atoms with Crippen molar-refractivity contribution in [1.82, 2.24) is 4.90 Å². The minimum atomic E-state index is -0.625. The van der Waals surface area contributed by atoms with Crippen molar-refractivity contribution in [2.24, 2.45) is 5.73 Å². The fourth-order valence-corrected chi connectivity index (χ4v) is 1.03. The number of methoxy groups -OCH3 is 2. The van der Waals surface area contributed by atoms with Crippen molar-refractivity contribution < 1.29 is 19.1 Å². The van der Waals surface area contributed by atoms with Crippen molar-refractivity contribution in [2.45, 2.75) is 6.42 Å². The Morgan fingerprint density at radius 3 is 1.93 bits per heavy atom. The number of carbonyl (C=O) groups is 2. The Morgan fingerprint density at radius 1 is 1.13 bits per heavy atom. The van der Waals surface area contributed by atoms with Crippen molar-refractivity contribution in [2.75, 3.05) is 40.5 Å². The Kier molecular flexibility index (Phi) is 7.57. The topological polar surface area (TPSA) is 81.9 Å². The molecule has 88 valence electrons. The number of nitrogens with two attached hydrogens (primary N) is 1. The summed E-state index contributed by atoms with van der Waals surface area (Å²) < 4.78 is 9.71. The number of amides is 2. The first-order valence-corrected chi connectivity index (χ1v) is 4.65. The summed E-state index contributed by atoms with van der Waals surface area (Å²) in [6, 6.07) is 0. The first kappa shape index (κ1) is 13.9. The zero-order chi connectivity index (χ0) is 11.7. The number of carbonyl (C=O) groups excluding carboxylic acids is 2. The number of ether oxygens (including phenoxy) is 2. The predicted molar refractivity (Wildman–Crippen MR) is 54.1 cm³/mol. The van der Waals surface area contributed by atoms with Gasteiger partial charge < -0.3 is 20.1 Å². The van der Waals surface area contributed by atoms with Gasteiger partial charge in [-0.25, -0.2) is 0 Å². The normalized spacial score (nSPS) is 10.0. The lowest BCUT2D eigenvalue weighted by Gasteiger charge is -2.21. The molecule has 0 aromatic heterocycles. The van der Waals surface area contributed by atoms with Crippen LogP contribution in [0.15, 0.2) is 0 Å². The molecule has 0 atom stereocenters. The maximum absolute atomic E-state index is 11.5. The second-order valence-corrected chi connectivity index (χ2v) is 3.01. The summed E-state index contributed by atoms with van der Waals surface area (Å²) in [6.07, 6.45) is -0.270. The molecule has 6 heteroatoms. The second kappa shape index (κ2) is 8.19. The highest BCUT2D eigenvalue weighted by Gasteiger charge is 2.14. The van der Waals surface area contributed by atoms with Gasteiger partial charge in [0, 0.05) is 27.3 Å². The maximum Gasteiger partial charge on any atom is 0.232 e. The highest BCUT2D eigenvalue weighted by Crippen LogP contribution is 1.94. The van der Waals surface area contributed by atoms with Crippen LogP contribution in [-0.2, 0) is 19.1 Å². The summed E-state index contributed by atoms with van der Waals surface area (Å²) in [5.74, 6) is -0.920. The molecule has 0 spiro atoms. The fourth-order valence-electron chi connectivity index (χ4n) is 1.03. The van der Waals surface area contributed by atoms with Crippen LogP contribution in [0.1, 0.15) is 6.42 Å². The standard InChI is InChI=1S/C9H18N2O4/c1-14-5-3-11(4-6-15-2)9(13)7-8(10)12/h3-7H2,1-2H3,(H2,10,12). The molecule has 0 radical (unpaired) electrons. The maximum atomic E-state index is 11.5. The van der Waals surface area contributed by atoms with E-state index < -0.39 is 5.91 Å². The minimum Gasteiger partial charge on any atom is -0.383 e. The Balaban J connectivity index is 4.07. The van der Waals surface area contributed by atoms with Crippen LogP contribution >= 0.6 is 0 Å². The van der Waals surface area contributed by atoms with Crippen LogP contribution in [-0.4, -0.2) is 57.2 Å². The minimum absolute atomic E-state index is 0.270. The molecule has 0 unspecified atom stereocenters. The largest absolute Gasteiger partial charge is 0.383 e. The van der Waals surface area contributed by atoms with E-state index in [9.17, 15) is 9.59 Å². The molecule has 2 N–H and O–H groups in total. The molecule has 0 fully saturated rings. The zero-order valence-electron chi connectivity index (χ0n) is 9.19. The highest BCUT2D eigenvalue weighted by atomic mass is 16.5. The summed E-state index contributed by atoms with van der Waals surface area (Å²) in [6.45, 7) is 1.72.